The number of fused-ring (bicyclic) bond motifs is 1. The van der Waals surface area contributed by atoms with E-state index >= 15 is 0 Å². The van der Waals surface area contributed by atoms with E-state index in [1.807, 2.05) is 0 Å². The van der Waals surface area contributed by atoms with Crippen LogP contribution in [0, 0.1) is 5.92 Å². The Bertz CT molecular complexity index is 716. The van der Waals surface area contributed by atoms with Crippen LogP contribution in [0.4, 0.5) is 13.6 Å². The lowest BCUT2D eigenvalue weighted by molar-refractivity contribution is -0.112. The van der Waals surface area contributed by atoms with Gasteiger partial charge in [-0.3, -0.25) is 4.99 Å². The third-order valence-corrected chi connectivity index (χ3v) is 4.54. The van der Waals surface area contributed by atoms with Gasteiger partial charge in [0.25, 0.3) is 5.92 Å². The van der Waals surface area contributed by atoms with E-state index in [1.165, 1.54) is 0 Å². The van der Waals surface area contributed by atoms with Gasteiger partial charge >= 0.3 is 6.09 Å². The molecule has 1 amide bonds. The highest BCUT2D eigenvalue weighted by molar-refractivity contribution is 5.82. The maximum absolute atomic E-state index is 14.5. The predicted octanol–water partition coefficient (Wildman–Crippen LogP) is 3.23. The van der Waals surface area contributed by atoms with Crippen LogP contribution in [-0.4, -0.2) is 51.8 Å². The van der Waals surface area contributed by atoms with Gasteiger partial charge in [0.2, 0.25) is 0 Å². The second-order valence-electron chi connectivity index (χ2n) is 7.85. The number of aromatic nitrogens is 2. The molecule has 0 spiro atoms. The van der Waals surface area contributed by atoms with Crippen molar-refractivity contribution in [3.05, 3.63) is 23.3 Å². The Balaban J connectivity index is 1.56. The number of likely N-dealkylation sites (tertiary alicyclic amines) is 1. The number of ether oxygens (including phenoxy) is 1. The fourth-order valence-electron chi connectivity index (χ4n) is 3.18. The number of nitrogens with zero attached hydrogens (tertiary/aromatic N) is 4. The van der Waals surface area contributed by atoms with Crippen molar-refractivity contribution in [3.63, 3.8) is 0 Å². The molecule has 0 unspecified atom stereocenters. The van der Waals surface area contributed by atoms with Gasteiger partial charge in [0.1, 0.15) is 11.4 Å². The van der Waals surface area contributed by atoms with Crippen LogP contribution in [0.2, 0.25) is 0 Å². The first-order valence-corrected chi connectivity index (χ1v) is 8.84. The van der Waals surface area contributed by atoms with E-state index in [1.54, 1.807) is 33.2 Å². The first kappa shape index (κ1) is 18.7. The lowest BCUT2D eigenvalue weighted by atomic mass is 9.88. The van der Waals surface area contributed by atoms with Gasteiger partial charge in [-0.15, -0.1) is 0 Å². The highest BCUT2D eigenvalue weighted by Crippen LogP contribution is 2.36. The molecule has 8 heteroatoms. The van der Waals surface area contributed by atoms with Crippen LogP contribution in [0.1, 0.15) is 50.7 Å². The number of halogens is 2. The monoisotopic (exact) mass is 366 g/mol. The molecule has 0 radical (unpaired) electrons. The van der Waals surface area contributed by atoms with Crippen molar-refractivity contribution in [2.45, 2.75) is 58.1 Å². The molecular weight excluding hydrogens is 342 g/mol. The largest absolute Gasteiger partial charge is 0.444 e. The Kier molecular flexibility index (Phi) is 4.94. The van der Waals surface area contributed by atoms with Crippen LogP contribution >= 0.6 is 0 Å². The molecule has 0 aromatic carbocycles. The zero-order valence-electron chi connectivity index (χ0n) is 15.3. The number of aryl methyl sites for hydroxylation is 1. The number of amides is 1. The molecule has 0 bridgehead atoms. The number of hydrogen-bond acceptors (Lipinski definition) is 5. The molecule has 3 rings (SSSR count). The molecule has 26 heavy (non-hydrogen) atoms. The quantitative estimate of drug-likeness (QED) is 0.824. The van der Waals surface area contributed by atoms with Crippen molar-refractivity contribution in [3.8, 4) is 0 Å². The number of rotatable bonds is 3. The summed E-state index contributed by atoms with van der Waals surface area (Å²) < 4.78 is 34.2. The van der Waals surface area contributed by atoms with E-state index in [-0.39, 0.29) is 19.4 Å². The molecule has 1 aromatic rings. The SMILES string of the molecule is CC(C)(C)OC(=O)N1CC[C@H](CCc2ncc3c(n2)CN=C3)C(F)(F)C1. The summed E-state index contributed by atoms with van der Waals surface area (Å²) in [5, 5.41) is 0. The van der Waals surface area contributed by atoms with E-state index in [0.717, 1.165) is 16.2 Å². The van der Waals surface area contributed by atoms with Gasteiger partial charge in [-0.2, -0.15) is 0 Å². The Hall–Kier alpha value is -2.12. The molecule has 1 fully saturated rings. The lowest BCUT2D eigenvalue weighted by Gasteiger charge is -2.38. The number of carbonyl (C=O) groups is 1. The topological polar surface area (TPSA) is 67.7 Å². The lowest BCUT2D eigenvalue weighted by Crippen LogP contribution is -2.51. The summed E-state index contributed by atoms with van der Waals surface area (Å²) in [5.74, 6) is -3.18. The van der Waals surface area contributed by atoms with Crippen LogP contribution in [0.25, 0.3) is 0 Å². The minimum absolute atomic E-state index is 0.236. The zero-order valence-corrected chi connectivity index (χ0v) is 15.3. The van der Waals surface area contributed by atoms with Gasteiger partial charge in [-0.1, -0.05) is 0 Å². The first-order chi connectivity index (χ1) is 12.1. The average Bonchev–Trinajstić information content (AvgIpc) is 2.99. The number of carbonyl (C=O) groups excluding carboxylic acids is 1. The van der Waals surface area contributed by atoms with Crippen molar-refractivity contribution in [2.24, 2.45) is 10.9 Å². The summed E-state index contributed by atoms with van der Waals surface area (Å²) in [7, 11) is 0. The van der Waals surface area contributed by atoms with Crippen molar-refractivity contribution in [1.82, 2.24) is 14.9 Å². The Labute approximate surface area is 151 Å². The van der Waals surface area contributed by atoms with Crippen molar-refractivity contribution < 1.29 is 18.3 Å². The van der Waals surface area contributed by atoms with Gasteiger partial charge < -0.3 is 9.64 Å². The van der Waals surface area contributed by atoms with Gasteiger partial charge in [0.15, 0.2) is 0 Å². The molecular formula is C18H24F2N4O2. The maximum atomic E-state index is 14.5. The predicted molar refractivity (Wildman–Crippen MR) is 92.5 cm³/mol. The summed E-state index contributed by atoms with van der Waals surface area (Å²) in [4.78, 5) is 25.9. The van der Waals surface area contributed by atoms with E-state index in [2.05, 4.69) is 15.0 Å². The van der Waals surface area contributed by atoms with E-state index in [9.17, 15) is 13.6 Å². The third-order valence-electron chi connectivity index (χ3n) is 4.54. The van der Waals surface area contributed by atoms with Crippen molar-refractivity contribution in [2.75, 3.05) is 13.1 Å². The Morgan fingerprint density at radius 3 is 2.88 bits per heavy atom. The fourth-order valence-corrected chi connectivity index (χ4v) is 3.18. The molecule has 3 heterocycles. The zero-order chi connectivity index (χ0) is 18.9. The summed E-state index contributed by atoms with van der Waals surface area (Å²) in [6.07, 6.45) is 3.64. The highest BCUT2D eigenvalue weighted by atomic mass is 19.3. The highest BCUT2D eigenvalue weighted by Gasteiger charge is 2.46. The minimum Gasteiger partial charge on any atom is -0.444 e. The molecule has 0 saturated carbocycles. The van der Waals surface area contributed by atoms with Gasteiger partial charge in [-0.05, 0) is 33.6 Å². The minimum atomic E-state index is -2.95. The summed E-state index contributed by atoms with van der Waals surface area (Å²) in [5.41, 5.74) is 1.05. The average molecular weight is 366 g/mol. The Morgan fingerprint density at radius 1 is 1.42 bits per heavy atom. The number of alkyl halides is 2. The normalized spacial score (nSPS) is 21.6. The van der Waals surface area contributed by atoms with Crippen LogP contribution in [-0.2, 0) is 17.7 Å². The second kappa shape index (κ2) is 6.89. The molecule has 1 saturated heterocycles. The molecule has 1 aromatic heterocycles. The molecule has 1 atom stereocenters. The van der Waals surface area contributed by atoms with Gasteiger partial charge in [0.05, 0.1) is 18.8 Å². The fraction of sp³-hybridized carbons (Fsp3) is 0.667. The van der Waals surface area contributed by atoms with Crippen molar-refractivity contribution in [1.29, 1.82) is 0 Å². The number of hydrogen-bond donors (Lipinski definition) is 0. The first-order valence-electron chi connectivity index (χ1n) is 8.84. The number of aliphatic imine (C=N–C) groups is 1. The van der Waals surface area contributed by atoms with Gasteiger partial charge in [-0.25, -0.2) is 23.5 Å². The Morgan fingerprint density at radius 2 is 2.19 bits per heavy atom. The molecule has 0 aliphatic carbocycles. The van der Waals surface area contributed by atoms with E-state index in [4.69, 9.17) is 4.74 Å². The van der Waals surface area contributed by atoms with Crippen LogP contribution in [0.3, 0.4) is 0 Å². The van der Waals surface area contributed by atoms with Crippen LogP contribution in [0.15, 0.2) is 11.2 Å². The van der Waals surface area contributed by atoms with Crippen molar-refractivity contribution >= 4 is 12.3 Å². The summed E-state index contributed by atoms with van der Waals surface area (Å²) in [6.45, 7) is 5.35. The smallest absolute Gasteiger partial charge is 0.410 e. The summed E-state index contributed by atoms with van der Waals surface area (Å²) in [6, 6.07) is 0. The van der Waals surface area contributed by atoms with E-state index in [0.29, 0.717) is 18.8 Å². The molecule has 2 aliphatic rings. The van der Waals surface area contributed by atoms with Crippen LogP contribution < -0.4 is 0 Å². The van der Waals surface area contributed by atoms with Gasteiger partial charge in [0, 0.05) is 36.9 Å². The molecule has 142 valence electrons. The standard InChI is InChI=1S/C18H24F2N4O2/c1-17(2,3)26-16(25)24-7-6-13(18(19,20)11-24)4-5-15-22-9-12-8-21-10-14(12)23-15/h8-9,13H,4-7,10-11H2,1-3H3/t13-/m0/s1. The molecule has 0 N–H and O–H groups in total. The van der Waals surface area contributed by atoms with E-state index < -0.39 is 30.1 Å². The maximum Gasteiger partial charge on any atom is 0.410 e. The summed E-state index contributed by atoms with van der Waals surface area (Å²) >= 11 is 0. The third kappa shape index (κ3) is 4.34. The molecule has 6 nitrogen and oxygen atoms in total. The second-order valence-corrected chi connectivity index (χ2v) is 7.85. The molecule has 2 aliphatic heterocycles. The number of piperidine rings is 1. The van der Waals surface area contributed by atoms with Crippen LogP contribution in [0.5, 0.6) is 0 Å².